The number of rotatable bonds is 1. The van der Waals surface area contributed by atoms with Gasteiger partial charge in [0.2, 0.25) is 0 Å². The molecule has 1 aliphatic rings. The summed E-state index contributed by atoms with van der Waals surface area (Å²) in [5, 5.41) is 0. The molecule has 2 heteroatoms. The smallest absolute Gasteiger partial charge is 0.0116 e. The second kappa shape index (κ2) is 3.55. The van der Waals surface area contributed by atoms with E-state index in [4.69, 9.17) is 5.73 Å². The molecule has 2 N–H and O–H groups in total. The molecule has 0 aromatic heterocycles. The lowest BCUT2D eigenvalue weighted by Crippen LogP contribution is -2.42. The lowest BCUT2D eigenvalue weighted by Gasteiger charge is -2.36. The Morgan fingerprint density at radius 2 is 1.91 bits per heavy atom. The Balaban J connectivity index is 2.44. The molecule has 1 rings (SSSR count). The Bertz CT molecular complexity index is 123. The maximum Gasteiger partial charge on any atom is 0.0116 e. The third-order valence-corrected chi connectivity index (χ3v) is 2.83. The Kier molecular flexibility index (Phi) is 2.90. The molecule has 0 aromatic rings. The Morgan fingerprint density at radius 3 is 2.36 bits per heavy atom. The molecule has 0 radical (unpaired) electrons. The summed E-state index contributed by atoms with van der Waals surface area (Å²) in [5.74, 6) is 0.772. The van der Waals surface area contributed by atoms with Gasteiger partial charge < -0.3 is 10.6 Å². The van der Waals surface area contributed by atoms with Crippen LogP contribution in [0.2, 0.25) is 0 Å². The van der Waals surface area contributed by atoms with Crippen LogP contribution in [-0.2, 0) is 0 Å². The van der Waals surface area contributed by atoms with Gasteiger partial charge in [-0.15, -0.1) is 0 Å². The summed E-state index contributed by atoms with van der Waals surface area (Å²) in [7, 11) is 4.33. The molecule has 0 saturated heterocycles. The maximum absolute atomic E-state index is 5.87. The van der Waals surface area contributed by atoms with Crippen molar-refractivity contribution in [3.63, 3.8) is 0 Å². The maximum atomic E-state index is 5.87. The largest absolute Gasteiger partial charge is 0.328 e. The van der Waals surface area contributed by atoms with Crippen LogP contribution in [0.4, 0.5) is 0 Å². The molecule has 1 fully saturated rings. The van der Waals surface area contributed by atoms with Crippen molar-refractivity contribution in [2.75, 3.05) is 14.1 Å². The molecule has 0 aromatic carbocycles. The summed E-state index contributed by atoms with van der Waals surface area (Å²) in [4.78, 5) is 2.33. The fourth-order valence-corrected chi connectivity index (χ4v) is 2.19. The van der Waals surface area contributed by atoms with Gasteiger partial charge in [0.15, 0.2) is 0 Å². The van der Waals surface area contributed by atoms with E-state index in [2.05, 4.69) is 25.9 Å². The van der Waals surface area contributed by atoms with Crippen molar-refractivity contribution in [3.05, 3.63) is 0 Å². The van der Waals surface area contributed by atoms with E-state index >= 15 is 0 Å². The van der Waals surface area contributed by atoms with E-state index in [0.29, 0.717) is 6.04 Å². The molecule has 1 aliphatic carbocycles. The zero-order valence-corrected chi connectivity index (χ0v) is 7.88. The third kappa shape index (κ3) is 2.17. The van der Waals surface area contributed by atoms with Gasteiger partial charge in [-0.3, -0.25) is 0 Å². The molecule has 0 amide bonds. The number of hydrogen-bond donors (Lipinski definition) is 1. The van der Waals surface area contributed by atoms with Crippen LogP contribution in [-0.4, -0.2) is 31.1 Å². The average molecular weight is 156 g/mol. The van der Waals surface area contributed by atoms with Gasteiger partial charge in [0, 0.05) is 12.1 Å². The van der Waals surface area contributed by atoms with Gasteiger partial charge in [-0.2, -0.15) is 0 Å². The molecular weight excluding hydrogens is 136 g/mol. The van der Waals surface area contributed by atoms with Crippen molar-refractivity contribution in [1.29, 1.82) is 0 Å². The topological polar surface area (TPSA) is 29.3 Å². The zero-order chi connectivity index (χ0) is 8.43. The van der Waals surface area contributed by atoms with E-state index in [-0.39, 0.29) is 0 Å². The molecule has 0 spiro atoms. The standard InChI is InChI=1S/C9H20N2/c1-7-6-8(10)4-5-9(7)11(2)3/h7-9H,4-6,10H2,1-3H3/t7-,8+,9+/m0/s1. The molecule has 0 unspecified atom stereocenters. The molecule has 0 bridgehead atoms. The minimum Gasteiger partial charge on any atom is -0.328 e. The van der Waals surface area contributed by atoms with Gasteiger partial charge in [0.05, 0.1) is 0 Å². The lowest BCUT2D eigenvalue weighted by atomic mass is 9.82. The van der Waals surface area contributed by atoms with Crippen LogP contribution in [0.1, 0.15) is 26.2 Å². The highest BCUT2D eigenvalue weighted by atomic mass is 15.1. The van der Waals surface area contributed by atoms with Crippen LogP contribution in [0.15, 0.2) is 0 Å². The van der Waals surface area contributed by atoms with Crippen LogP contribution < -0.4 is 5.73 Å². The third-order valence-electron chi connectivity index (χ3n) is 2.83. The van der Waals surface area contributed by atoms with E-state index in [1.807, 2.05) is 0 Å². The quantitative estimate of drug-likeness (QED) is 0.615. The van der Waals surface area contributed by atoms with Gasteiger partial charge in [0.1, 0.15) is 0 Å². The first-order valence-electron chi connectivity index (χ1n) is 4.53. The summed E-state index contributed by atoms with van der Waals surface area (Å²) in [6.45, 7) is 2.31. The van der Waals surface area contributed by atoms with Crippen molar-refractivity contribution in [2.45, 2.75) is 38.3 Å². The van der Waals surface area contributed by atoms with Gasteiger partial charge in [0.25, 0.3) is 0 Å². The number of hydrogen-bond acceptors (Lipinski definition) is 2. The predicted molar refractivity (Wildman–Crippen MR) is 48.5 cm³/mol. The minimum absolute atomic E-state index is 0.459. The summed E-state index contributed by atoms with van der Waals surface area (Å²) in [5.41, 5.74) is 5.87. The van der Waals surface area contributed by atoms with Crippen molar-refractivity contribution in [2.24, 2.45) is 11.7 Å². The second-order valence-corrected chi connectivity index (χ2v) is 4.08. The lowest BCUT2D eigenvalue weighted by molar-refractivity contribution is 0.156. The first-order valence-corrected chi connectivity index (χ1v) is 4.53. The summed E-state index contributed by atoms with van der Waals surface area (Å²) in [6, 6.07) is 1.22. The van der Waals surface area contributed by atoms with Crippen LogP contribution >= 0.6 is 0 Å². The Morgan fingerprint density at radius 1 is 1.27 bits per heavy atom. The molecule has 3 atom stereocenters. The molecule has 0 aliphatic heterocycles. The molecule has 2 nitrogen and oxygen atoms in total. The van der Waals surface area contributed by atoms with Crippen LogP contribution in [0.3, 0.4) is 0 Å². The predicted octanol–water partition coefficient (Wildman–Crippen LogP) is 1.06. The van der Waals surface area contributed by atoms with Gasteiger partial charge in [-0.25, -0.2) is 0 Å². The summed E-state index contributed by atoms with van der Waals surface area (Å²) < 4.78 is 0. The number of nitrogens with two attached hydrogens (primary N) is 1. The monoisotopic (exact) mass is 156 g/mol. The van der Waals surface area contributed by atoms with Crippen LogP contribution in [0, 0.1) is 5.92 Å². The molecule has 66 valence electrons. The van der Waals surface area contributed by atoms with E-state index in [1.54, 1.807) is 0 Å². The highest BCUT2D eigenvalue weighted by Gasteiger charge is 2.26. The minimum atomic E-state index is 0.459. The van der Waals surface area contributed by atoms with Gasteiger partial charge in [-0.1, -0.05) is 6.92 Å². The van der Waals surface area contributed by atoms with Crippen molar-refractivity contribution < 1.29 is 0 Å². The van der Waals surface area contributed by atoms with E-state index in [9.17, 15) is 0 Å². The summed E-state index contributed by atoms with van der Waals surface area (Å²) >= 11 is 0. The molecule has 11 heavy (non-hydrogen) atoms. The fraction of sp³-hybridized carbons (Fsp3) is 1.00. The van der Waals surface area contributed by atoms with Gasteiger partial charge >= 0.3 is 0 Å². The highest BCUT2D eigenvalue weighted by molar-refractivity contribution is 4.83. The van der Waals surface area contributed by atoms with Crippen molar-refractivity contribution in [1.82, 2.24) is 4.90 Å². The fourth-order valence-electron chi connectivity index (χ4n) is 2.19. The first-order chi connectivity index (χ1) is 5.11. The molecular formula is C9H20N2. The summed E-state index contributed by atoms with van der Waals surface area (Å²) in [6.07, 6.45) is 3.67. The highest BCUT2D eigenvalue weighted by Crippen LogP contribution is 2.25. The molecule has 0 heterocycles. The number of nitrogens with zero attached hydrogens (tertiary/aromatic N) is 1. The van der Waals surface area contributed by atoms with E-state index < -0.39 is 0 Å². The SMILES string of the molecule is C[C@H]1C[C@H](N)CC[C@H]1N(C)C. The average Bonchev–Trinajstić information content (AvgIpc) is 1.85. The van der Waals surface area contributed by atoms with Gasteiger partial charge in [-0.05, 0) is 39.3 Å². The second-order valence-electron chi connectivity index (χ2n) is 4.08. The van der Waals surface area contributed by atoms with Crippen molar-refractivity contribution in [3.8, 4) is 0 Å². The van der Waals surface area contributed by atoms with E-state index in [0.717, 1.165) is 12.0 Å². The Hall–Kier alpha value is -0.0800. The zero-order valence-electron chi connectivity index (χ0n) is 7.88. The first kappa shape index (κ1) is 9.01. The van der Waals surface area contributed by atoms with Crippen LogP contribution in [0.5, 0.6) is 0 Å². The normalized spacial score (nSPS) is 39.5. The molecule has 1 saturated carbocycles. The Labute approximate surface area is 69.8 Å². The van der Waals surface area contributed by atoms with Crippen molar-refractivity contribution >= 4 is 0 Å². The van der Waals surface area contributed by atoms with Crippen LogP contribution in [0.25, 0.3) is 0 Å². The van der Waals surface area contributed by atoms with E-state index in [1.165, 1.54) is 19.3 Å².